The standard InChI is InChI=1S/C18H27N3O2.ClH/c1-3-13(2)21-18(23)16-6-4-5-15(9-16)11-20-17(22)12-19-10-14-7-8-14;/h4-6,9,13-14,19H,3,7-8,10-12H2,1-2H3,(H,20,22)(H,21,23);1H. The summed E-state index contributed by atoms with van der Waals surface area (Å²) >= 11 is 0. The SMILES string of the molecule is CCC(C)NC(=O)c1cccc(CNC(=O)CNCC2CC2)c1.Cl. The highest BCUT2D eigenvalue weighted by atomic mass is 35.5. The Morgan fingerprint density at radius 1 is 1.29 bits per heavy atom. The Morgan fingerprint density at radius 2 is 2.04 bits per heavy atom. The van der Waals surface area contributed by atoms with Gasteiger partial charge >= 0.3 is 0 Å². The second-order valence-electron chi connectivity index (χ2n) is 6.33. The highest BCUT2D eigenvalue weighted by Gasteiger charge is 2.20. The topological polar surface area (TPSA) is 70.2 Å². The lowest BCUT2D eigenvalue weighted by atomic mass is 10.1. The van der Waals surface area contributed by atoms with E-state index in [1.807, 2.05) is 32.0 Å². The van der Waals surface area contributed by atoms with Crippen LogP contribution < -0.4 is 16.0 Å². The van der Waals surface area contributed by atoms with Crippen LogP contribution in [0, 0.1) is 5.92 Å². The molecule has 2 rings (SSSR count). The maximum absolute atomic E-state index is 12.1. The fourth-order valence-corrected chi connectivity index (χ4v) is 2.21. The van der Waals surface area contributed by atoms with E-state index >= 15 is 0 Å². The number of nitrogens with one attached hydrogen (secondary N) is 3. The summed E-state index contributed by atoms with van der Waals surface area (Å²) < 4.78 is 0. The van der Waals surface area contributed by atoms with Crippen LogP contribution in [0.2, 0.25) is 0 Å². The summed E-state index contributed by atoms with van der Waals surface area (Å²) in [4.78, 5) is 23.9. The molecule has 1 aliphatic carbocycles. The molecule has 3 N–H and O–H groups in total. The fourth-order valence-electron chi connectivity index (χ4n) is 2.21. The van der Waals surface area contributed by atoms with Gasteiger partial charge in [0.1, 0.15) is 0 Å². The summed E-state index contributed by atoms with van der Waals surface area (Å²) in [5.41, 5.74) is 1.56. The third-order valence-electron chi connectivity index (χ3n) is 4.08. The fraction of sp³-hybridized carbons (Fsp3) is 0.556. The first kappa shape index (κ1) is 20.5. The van der Waals surface area contributed by atoms with Gasteiger partial charge in [-0.25, -0.2) is 0 Å². The maximum atomic E-state index is 12.1. The molecule has 0 aliphatic heterocycles. The first-order valence-corrected chi connectivity index (χ1v) is 8.45. The maximum Gasteiger partial charge on any atom is 0.251 e. The molecule has 6 heteroatoms. The van der Waals surface area contributed by atoms with E-state index in [0.29, 0.717) is 18.7 Å². The van der Waals surface area contributed by atoms with Gasteiger partial charge in [0, 0.05) is 18.2 Å². The number of benzene rings is 1. The zero-order valence-electron chi connectivity index (χ0n) is 14.4. The van der Waals surface area contributed by atoms with Gasteiger partial charge in [0.05, 0.1) is 6.54 Å². The Bertz CT molecular complexity index is 547. The first-order valence-electron chi connectivity index (χ1n) is 8.45. The molecule has 24 heavy (non-hydrogen) atoms. The first-order chi connectivity index (χ1) is 11.1. The second-order valence-corrected chi connectivity index (χ2v) is 6.33. The van der Waals surface area contributed by atoms with Crippen LogP contribution in [0.4, 0.5) is 0 Å². The third-order valence-corrected chi connectivity index (χ3v) is 4.08. The van der Waals surface area contributed by atoms with Crippen LogP contribution >= 0.6 is 12.4 Å². The Morgan fingerprint density at radius 3 is 2.71 bits per heavy atom. The Balaban J connectivity index is 0.00000288. The van der Waals surface area contributed by atoms with Crippen LogP contribution in [0.5, 0.6) is 0 Å². The molecule has 0 saturated heterocycles. The van der Waals surface area contributed by atoms with Crippen molar-refractivity contribution >= 4 is 24.2 Å². The molecule has 2 amide bonds. The monoisotopic (exact) mass is 353 g/mol. The number of carbonyl (C=O) groups excluding carboxylic acids is 2. The van der Waals surface area contributed by atoms with Gasteiger partial charge in [0.25, 0.3) is 5.91 Å². The molecular formula is C18H28ClN3O2. The quantitative estimate of drug-likeness (QED) is 0.637. The molecular weight excluding hydrogens is 326 g/mol. The molecule has 1 aliphatic rings. The minimum absolute atomic E-state index is 0. The lowest BCUT2D eigenvalue weighted by Crippen LogP contribution is -2.34. The summed E-state index contributed by atoms with van der Waals surface area (Å²) in [5.74, 6) is 0.683. The van der Waals surface area contributed by atoms with Gasteiger partial charge in [-0.05, 0) is 56.3 Å². The van der Waals surface area contributed by atoms with E-state index in [4.69, 9.17) is 0 Å². The molecule has 0 aromatic heterocycles. The molecule has 0 heterocycles. The van der Waals surface area contributed by atoms with E-state index in [2.05, 4.69) is 16.0 Å². The number of halogens is 1. The molecule has 5 nitrogen and oxygen atoms in total. The smallest absolute Gasteiger partial charge is 0.251 e. The summed E-state index contributed by atoms with van der Waals surface area (Å²) in [6.07, 6.45) is 3.45. The highest BCUT2D eigenvalue weighted by molar-refractivity contribution is 5.94. The van der Waals surface area contributed by atoms with Gasteiger partial charge in [-0.1, -0.05) is 19.1 Å². The summed E-state index contributed by atoms with van der Waals surface area (Å²) in [5, 5.41) is 8.99. The minimum atomic E-state index is -0.0707. The Hall–Kier alpha value is -1.59. The Labute approximate surface area is 150 Å². The molecule has 0 radical (unpaired) electrons. The van der Waals surface area contributed by atoms with Crippen molar-refractivity contribution in [1.82, 2.24) is 16.0 Å². The van der Waals surface area contributed by atoms with Crippen molar-refractivity contribution in [1.29, 1.82) is 0 Å². The van der Waals surface area contributed by atoms with Gasteiger partial charge in [0.2, 0.25) is 5.91 Å². The van der Waals surface area contributed by atoms with Crippen molar-refractivity contribution in [3.63, 3.8) is 0 Å². The Kier molecular flexibility index (Phi) is 8.79. The molecule has 1 aromatic rings. The molecule has 1 atom stereocenters. The van der Waals surface area contributed by atoms with Gasteiger partial charge in [-0.15, -0.1) is 12.4 Å². The van der Waals surface area contributed by atoms with Gasteiger partial charge < -0.3 is 16.0 Å². The lowest BCUT2D eigenvalue weighted by molar-refractivity contribution is -0.120. The molecule has 1 aromatic carbocycles. The van der Waals surface area contributed by atoms with Crippen LogP contribution in [-0.4, -0.2) is 30.9 Å². The summed E-state index contributed by atoms with van der Waals surface area (Å²) in [7, 11) is 0. The molecule has 0 spiro atoms. The van der Waals surface area contributed by atoms with Gasteiger partial charge in [0.15, 0.2) is 0 Å². The molecule has 1 fully saturated rings. The van der Waals surface area contributed by atoms with Crippen molar-refractivity contribution in [3.05, 3.63) is 35.4 Å². The predicted octanol–water partition coefficient (Wildman–Crippen LogP) is 2.25. The van der Waals surface area contributed by atoms with Crippen LogP contribution in [0.3, 0.4) is 0 Å². The van der Waals surface area contributed by atoms with Crippen molar-refractivity contribution < 1.29 is 9.59 Å². The zero-order chi connectivity index (χ0) is 16.7. The normalized spacial score (nSPS) is 14.4. The summed E-state index contributed by atoms with van der Waals surface area (Å²) in [6.45, 7) is 5.74. The van der Waals surface area contributed by atoms with Crippen molar-refractivity contribution in [2.45, 2.75) is 45.7 Å². The predicted molar refractivity (Wildman–Crippen MR) is 98.3 cm³/mol. The van der Waals surface area contributed by atoms with E-state index in [1.54, 1.807) is 6.07 Å². The minimum Gasteiger partial charge on any atom is -0.351 e. The molecule has 134 valence electrons. The number of hydrogen-bond donors (Lipinski definition) is 3. The van der Waals surface area contributed by atoms with Crippen LogP contribution in [0.1, 0.15) is 49.0 Å². The highest BCUT2D eigenvalue weighted by Crippen LogP contribution is 2.27. The van der Waals surface area contributed by atoms with Crippen molar-refractivity contribution in [2.24, 2.45) is 5.92 Å². The van der Waals surface area contributed by atoms with E-state index in [1.165, 1.54) is 12.8 Å². The van der Waals surface area contributed by atoms with Crippen molar-refractivity contribution in [3.8, 4) is 0 Å². The van der Waals surface area contributed by atoms with E-state index < -0.39 is 0 Å². The largest absolute Gasteiger partial charge is 0.351 e. The number of carbonyl (C=O) groups is 2. The van der Waals surface area contributed by atoms with Gasteiger partial charge in [-0.2, -0.15) is 0 Å². The molecule has 1 saturated carbocycles. The van der Waals surface area contributed by atoms with Gasteiger partial charge in [-0.3, -0.25) is 9.59 Å². The summed E-state index contributed by atoms with van der Waals surface area (Å²) in [6, 6.07) is 7.54. The second kappa shape index (κ2) is 10.3. The number of rotatable bonds is 9. The van der Waals surface area contributed by atoms with Crippen LogP contribution in [0.25, 0.3) is 0 Å². The number of amides is 2. The lowest BCUT2D eigenvalue weighted by Gasteiger charge is -2.12. The van der Waals surface area contributed by atoms with Crippen LogP contribution in [-0.2, 0) is 11.3 Å². The zero-order valence-corrected chi connectivity index (χ0v) is 15.2. The molecule has 1 unspecified atom stereocenters. The van der Waals surface area contributed by atoms with E-state index in [-0.39, 0.29) is 30.3 Å². The average Bonchev–Trinajstić information content (AvgIpc) is 3.37. The van der Waals surface area contributed by atoms with Crippen molar-refractivity contribution in [2.75, 3.05) is 13.1 Å². The average molecular weight is 354 g/mol. The van der Waals surface area contributed by atoms with E-state index in [9.17, 15) is 9.59 Å². The van der Waals surface area contributed by atoms with E-state index in [0.717, 1.165) is 24.4 Å². The number of hydrogen-bond acceptors (Lipinski definition) is 3. The van der Waals surface area contributed by atoms with Crippen LogP contribution in [0.15, 0.2) is 24.3 Å². The molecule has 0 bridgehead atoms. The third kappa shape index (κ3) is 7.32.